The van der Waals surface area contributed by atoms with E-state index in [2.05, 4.69) is 4.90 Å². The Bertz CT molecular complexity index is 164. The monoisotopic (exact) mass is 179 g/mol. The van der Waals surface area contributed by atoms with Gasteiger partial charge in [-0.3, -0.25) is 9.69 Å². The molecule has 0 aromatic carbocycles. The predicted molar refractivity (Wildman–Crippen MR) is 44.7 cm³/mol. The average molecular weight is 180 g/mol. The molecule has 0 radical (unpaired) electrons. The van der Waals surface area contributed by atoms with Gasteiger partial charge in [0.15, 0.2) is 0 Å². The topological polar surface area (TPSA) is 20.3 Å². The van der Waals surface area contributed by atoms with Crippen molar-refractivity contribution in [3.05, 3.63) is 0 Å². The minimum atomic E-state index is 0. The number of hydrogen-bond donors (Lipinski definition) is 0. The third-order valence-corrected chi connectivity index (χ3v) is 3.24. The van der Waals surface area contributed by atoms with E-state index < -0.39 is 0 Å². The molecule has 0 spiro atoms. The van der Waals surface area contributed by atoms with Crippen LogP contribution in [0.2, 0.25) is 0 Å². The molecule has 0 saturated carbocycles. The van der Waals surface area contributed by atoms with Crippen LogP contribution in [0.15, 0.2) is 0 Å². The fraction of sp³-hybridized carbons (Fsp3) is 0.833. The van der Waals surface area contributed by atoms with Gasteiger partial charge in [0, 0.05) is 11.8 Å². The third-order valence-electron chi connectivity index (χ3n) is 2.06. The van der Waals surface area contributed by atoms with Crippen LogP contribution in [-0.2, 0) is 4.79 Å². The molecule has 58 valence electrons. The Balaban J connectivity index is 0.000000500. The maximum atomic E-state index is 11.0. The predicted octanol–water partition coefficient (Wildman–Crippen LogP) is 0.754. The Labute approximate surface area is 70.7 Å². The van der Waals surface area contributed by atoms with Crippen molar-refractivity contribution in [2.24, 2.45) is 0 Å². The maximum absolute atomic E-state index is 11.0. The highest BCUT2D eigenvalue weighted by molar-refractivity contribution is 8.14. The summed E-state index contributed by atoms with van der Waals surface area (Å²) in [4.78, 5) is 13.1. The lowest BCUT2D eigenvalue weighted by atomic mass is 10.2. The van der Waals surface area contributed by atoms with Crippen LogP contribution in [0, 0.1) is 0 Å². The molecule has 2 fully saturated rings. The summed E-state index contributed by atoms with van der Waals surface area (Å²) in [5.41, 5.74) is 0. The van der Waals surface area contributed by atoms with Crippen molar-refractivity contribution in [3.63, 3.8) is 0 Å². The highest BCUT2D eigenvalue weighted by atomic mass is 35.5. The van der Waals surface area contributed by atoms with E-state index in [4.69, 9.17) is 0 Å². The van der Waals surface area contributed by atoms with Crippen LogP contribution in [0.5, 0.6) is 0 Å². The lowest BCUT2D eigenvalue weighted by Gasteiger charge is -2.19. The van der Waals surface area contributed by atoms with Crippen molar-refractivity contribution >= 4 is 29.3 Å². The molecule has 2 atom stereocenters. The molecule has 4 heteroatoms. The molecule has 0 aromatic heterocycles. The van der Waals surface area contributed by atoms with E-state index in [1.807, 2.05) is 7.05 Å². The molecule has 0 aliphatic carbocycles. The first-order chi connectivity index (χ1) is 4.27. The van der Waals surface area contributed by atoms with Crippen LogP contribution < -0.4 is 0 Å². The number of likely N-dealkylation sites (tertiary alicyclic amines) is 1. The molecule has 0 N–H and O–H groups in total. The van der Waals surface area contributed by atoms with Crippen molar-refractivity contribution in [2.75, 3.05) is 13.6 Å². The molecule has 2 saturated heterocycles. The van der Waals surface area contributed by atoms with Crippen molar-refractivity contribution in [3.8, 4) is 0 Å². The van der Waals surface area contributed by atoms with Gasteiger partial charge in [0.2, 0.25) is 5.12 Å². The first-order valence-electron chi connectivity index (χ1n) is 3.18. The largest absolute Gasteiger partial charge is 0.295 e. The van der Waals surface area contributed by atoms with Crippen LogP contribution in [-0.4, -0.2) is 34.9 Å². The van der Waals surface area contributed by atoms with E-state index in [1.165, 1.54) is 11.8 Å². The summed E-state index contributed by atoms with van der Waals surface area (Å²) < 4.78 is 0. The zero-order valence-corrected chi connectivity index (χ0v) is 7.37. The lowest BCUT2D eigenvalue weighted by Crippen LogP contribution is -2.33. The quantitative estimate of drug-likeness (QED) is 0.548. The summed E-state index contributed by atoms with van der Waals surface area (Å²) in [5.74, 6) is 0. The zero-order chi connectivity index (χ0) is 6.43. The fourth-order valence-electron chi connectivity index (χ4n) is 1.56. The highest BCUT2D eigenvalue weighted by Crippen LogP contribution is 2.37. The summed E-state index contributed by atoms with van der Waals surface area (Å²) in [6, 6.07) is 0.264. The molecule has 2 aliphatic heterocycles. The Morgan fingerprint density at radius 3 is 2.70 bits per heavy atom. The second-order valence-electron chi connectivity index (χ2n) is 2.75. The lowest BCUT2D eigenvalue weighted by molar-refractivity contribution is -0.114. The molecule has 2 heterocycles. The van der Waals surface area contributed by atoms with Crippen molar-refractivity contribution < 1.29 is 4.79 Å². The molecule has 1 unspecified atom stereocenters. The zero-order valence-electron chi connectivity index (χ0n) is 5.74. The number of fused-ring (bicyclic) bond motifs is 2. The second-order valence-corrected chi connectivity index (χ2v) is 4.05. The van der Waals surface area contributed by atoms with Gasteiger partial charge in [-0.05, 0) is 13.5 Å². The number of hydrogen-bond acceptors (Lipinski definition) is 3. The van der Waals surface area contributed by atoms with Gasteiger partial charge in [0.25, 0.3) is 0 Å². The third kappa shape index (κ3) is 1.06. The highest BCUT2D eigenvalue weighted by Gasteiger charge is 2.42. The van der Waals surface area contributed by atoms with Gasteiger partial charge in [0.05, 0.1) is 6.04 Å². The van der Waals surface area contributed by atoms with Gasteiger partial charge in [-0.1, -0.05) is 11.8 Å². The van der Waals surface area contributed by atoms with E-state index in [9.17, 15) is 4.79 Å². The van der Waals surface area contributed by atoms with Gasteiger partial charge < -0.3 is 0 Å². The number of rotatable bonds is 0. The molecule has 10 heavy (non-hydrogen) atoms. The Morgan fingerprint density at radius 2 is 2.40 bits per heavy atom. The molecular weight excluding hydrogens is 170 g/mol. The number of halogens is 1. The second kappa shape index (κ2) is 2.72. The summed E-state index contributed by atoms with van der Waals surface area (Å²) >= 11 is 1.54. The number of likely N-dealkylation sites (N-methyl/N-ethyl adjacent to an activating group) is 1. The Hall–Kier alpha value is 0.270. The Kier molecular flexibility index (Phi) is 2.28. The van der Waals surface area contributed by atoms with Crippen LogP contribution in [0.1, 0.15) is 6.42 Å². The molecule has 2 nitrogen and oxygen atoms in total. The number of carbonyl (C=O) groups excluding carboxylic acids is 1. The van der Waals surface area contributed by atoms with E-state index in [0.717, 1.165) is 13.0 Å². The molecule has 0 aromatic rings. The van der Waals surface area contributed by atoms with E-state index in [0.29, 0.717) is 10.4 Å². The number of nitrogens with zero attached hydrogens (tertiary/aromatic N) is 1. The Morgan fingerprint density at radius 1 is 1.70 bits per heavy atom. The van der Waals surface area contributed by atoms with Gasteiger partial charge in [-0.25, -0.2) is 0 Å². The van der Waals surface area contributed by atoms with E-state index >= 15 is 0 Å². The van der Waals surface area contributed by atoms with Crippen molar-refractivity contribution in [2.45, 2.75) is 17.7 Å². The normalized spacial score (nSPS) is 38.3. The first-order valence-corrected chi connectivity index (χ1v) is 4.06. The summed E-state index contributed by atoms with van der Waals surface area (Å²) in [6.07, 6.45) is 1.10. The minimum Gasteiger partial charge on any atom is -0.295 e. The average Bonchev–Trinajstić information content (AvgIpc) is 2.22. The van der Waals surface area contributed by atoms with Crippen LogP contribution in [0.4, 0.5) is 0 Å². The molecule has 2 bridgehead atoms. The molecule has 2 aliphatic rings. The van der Waals surface area contributed by atoms with Crippen molar-refractivity contribution in [1.29, 1.82) is 0 Å². The van der Waals surface area contributed by atoms with Gasteiger partial charge in [0.1, 0.15) is 0 Å². The van der Waals surface area contributed by atoms with Crippen LogP contribution in [0.3, 0.4) is 0 Å². The summed E-state index contributed by atoms with van der Waals surface area (Å²) in [7, 11) is 2.03. The minimum absolute atomic E-state index is 0. The van der Waals surface area contributed by atoms with Gasteiger partial charge in [-0.15, -0.1) is 12.4 Å². The van der Waals surface area contributed by atoms with Crippen LogP contribution in [0.25, 0.3) is 0 Å². The SMILES string of the molecule is CN1CC2C[C@H]1C(=O)S2.Cl. The number of thioether (sulfide) groups is 1. The molecule has 0 amide bonds. The van der Waals surface area contributed by atoms with Crippen molar-refractivity contribution in [1.82, 2.24) is 4.90 Å². The number of carbonyl (C=O) groups is 1. The van der Waals surface area contributed by atoms with Crippen LogP contribution >= 0.6 is 24.2 Å². The van der Waals surface area contributed by atoms with Gasteiger partial charge in [-0.2, -0.15) is 0 Å². The fourth-order valence-corrected chi connectivity index (χ4v) is 2.91. The maximum Gasteiger partial charge on any atom is 0.206 e. The first kappa shape index (κ1) is 8.37. The summed E-state index contributed by atoms with van der Waals surface area (Å²) in [6.45, 7) is 1.11. The summed E-state index contributed by atoms with van der Waals surface area (Å²) in [5, 5.41) is 1.00. The van der Waals surface area contributed by atoms with E-state index in [-0.39, 0.29) is 18.4 Å². The molecule has 2 rings (SSSR count). The van der Waals surface area contributed by atoms with E-state index in [1.54, 1.807) is 0 Å². The van der Waals surface area contributed by atoms with Gasteiger partial charge >= 0.3 is 0 Å². The standard InChI is InChI=1S/C6H9NOS.ClH/c1-7-3-4-2-5(7)6(8)9-4;/h4-5H,2-3H2,1H3;1H/t4?,5-;/m0./s1. The smallest absolute Gasteiger partial charge is 0.206 e. The molecular formula is C6H10ClNOS.